The molecule has 2 N–H and O–H groups in total. The number of rotatable bonds is 6. The first-order chi connectivity index (χ1) is 7.44. The van der Waals surface area contributed by atoms with Crippen LogP contribution in [0, 0.1) is 5.92 Å². The van der Waals surface area contributed by atoms with E-state index in [0.29, 0.717) is 12.6 Å². The lowest BCUT2D eigenvalue weighted by atomic mass is 10.00. The molecule has 1 fully saturated rings. The van der Waals surface area contributed by atoms with Crippen LogP contribution >= 0.6 is 0 Å². The first-order valence-corrected chi connectivity index (χ1v) is 6.10. The van der Waals surface area contributed by atoms with Crippen LogP contribution in [0.3, 0.4) is 0 Å². The molecule has 1 aliphatic heterocycles. The molecule has 0 aliphatic carbocycles. The highest BCUT2D eigenvalue weighted by molar-refractivity contribution is 4.78. The van der Waals surface area contributed by atoms with E-state index >= 15 is 0 Å². The Hall–Kier alpha value is -0.160. The van der Waals surface area contributed by atoms with E-state index in [1.54, 1.807) is 0 Å². The quantitative estimate of drug-likeness (QED) is 0.719. The van der Waals surface area contributed by atoms with Crippen LogP contribution in [0.2, 0.25) is 0 Å². The molecule has 0 amide bonds. The Balaban J connectivity index is 2.31. The Morgan fingerprint density at radius 3 is 2.56 bits per heavy atom. The van der Waals surface area contributed by atoms with Gasteiger partial charge in [-0.2, -0.15) is 0 Å². The van der Waals surface area contributed by atoms with E-state index in [-0.39, 0.29) is 18.6 Å². The van der Waals surface area contributed by atoms with Crippen LogP contribution in [0.15, 0.2) is 0 Å². The van der Waals surface area contributed by atoms with E-state index in [1.165, 1.54) is 0 Å². The number of nitrogens with one attached hydrogen (secondary N) is 1. The highest BCUT2D eigenvalue weighted by atomic mass is 16.7. The van der Waals surface area contributed by atoms with E-state index in [4.69, 9.17) is 9.47 Å². The zero-order valence-electron chi connectivity index (χ0n) is 10.8. The molecule has 0 saturated carbocycles. The van der Waals surface area contributed by atoms with Crippen molar-refractivity contribution in [3.63, 3.8) is 0 Å². The van der Waals surface area contributed by atoms with Gasteiger partial charge >= 0.3 is 0 Å². The van der Waals surface area contributed by atoms with Gasteiger partial charge in [0.25, 0.3) is 0 Å². The van der Waals surface area contributed by atoms with E-state index in [1.807, 2.05) is 13.8 Å². The zero-order chi connectivity index (χ0) is 12.2. The van der Waals surface area contributed by atoms with Crippen molar-refractivity contribution in [3.05, 3.63) is 0 Å². The van der Waals surface area contributed by atoms with Crippen molar-refractivity contribution in [1.29, 1.82) is 0 Å². The van der Waals surface area contributed by atoms with Gasteiger partial charge in [0.1, 0.15) is 0 Å². The van der Waals surface area contributed by atoms with Crippen molar-refractivity contribution in [2.24, 2.45) is 5.92 Å². The fourth-order valence-electron chi connectivity index (χ4n) is 1.90. The standard InChI is InChI=1S/C12H25NO3/c1-9(2)13-6-5-10(7-14)11-8-15-12(3,4)16-11/h9-11,13-14H,5-8H2,1-4H3. The average molecular weight is 231 g/mol. The van der Waals surface area contributed by atoms with E-state index in [9.17, 15) is 5.11 Å². The summed E-state index contributed by atoms with van der Waals surface area (Å²) in [5.74, 6) is -0.336. The summed E-state index contributed by atoms with van der Waals surface area (Å²) in [6.07, 6.45) is 0.938. The maximum Gasteiger partial charge on any atom is 0.163 e. The molecule has 0 spiro atoms. The highest BCUT2D eigenvalue weighted by Crippen LogP contribution is 2.27. The molecular weight excluding hydrogens is 206 g/mol. The normalized spacial score (nSPS) is 26.2. The fourth-order valence-corrected chi connectivity index (χ4v) is 1.90. The smallest absolute Gasteiger partial charge is 0.163 e. The SMILES string of the molecule is CC(C)NCCC(CO)C1COC(C)(C)O1. The predicted molar refractivity (Wildman–Crippen MR) is 63.2 cm³/mol. The second kappa shape index (κ2) is 5.96. The van der Waals surface area contributed by atoms with Crippen molar-refractivity contribution >= 4 is 0 Å². The van der Waals surface area contributed by atoms with Crippen LogP contribution in [-0.4, -0.2) is 42.8 Å². The fraction of sp³-hybridized carbons (Fsp3) is 1.00. The minimum absolute atomic E-state index is 0.0222. The molecular formula is C12H25NO3. The van der Waals surface area contributed by atoms with Crippen LogP contribution in [0.25, 0.3) is 0 Å². The predicted octanol–water partition coefficient (Wildman–Crippen LogP) is 1.13. The van der Waals surface area contributed by atoms with Gasteiger partial charge in [0, 0.05) is 18.6 Å². The molecule has 96 valence electrons. The number of hydrogen-bond donors (Lipinski definition) is 2. The van der Waals surface area contributed by atoms with Crippen LogP contribution in [-0.2, 0) is 9.47 Å². The summed E-state index contributed by atoms with van der Waals surface area (Å²) in [7, 11) is 0. The molecule has 0 bridgehead atoms. The molecule has 4 nitrogen and oxygen atoms in total. The molecule has 0 aromatic carbocycles. The van der Waals surface area contributed by atoms with Crippen molar-refractivity contribution in [2.75, 3.05) is 19.8 Å². The summed E-state index contributed by atoms with van der Waals surface area (Å²) < 4.78 is 11.3. The molecule has 2 atom stereocenters. The van der Waals surface area contributed by atoms with Gasteiger partial charge in [-0.3, -0.25) is 0 Å². The van der Waals surface area contributed by atoms with Crippen molar-refractivity contribution in [1.82, 2.24) is 5.32 Å². The molecule has 0 aromatic rings. The Bertz CT molecular complexity index is 206. The summed E-state index contributed by atoms with van der Waals surface area (Å²) in [5, 5.41) is 12.7. The Morgan fingerprint density at radius 1 is 1.44 bits per heavy atom. The van der Waals surface area contributed by atoms with Crippen molar-refractivity contribution in [2.45, 2.75) is 52.0 Å². The lowest BCUT2D eigenvalue weighted by Gasteiger charge is -2.23. The monoisotopic (exact) mass is 231 g/mol. The molecule has 1 saturated heterocycles. The lowest BCUT2D eigenvalue weighted by Crippen LogP contribution is -2.33. The molecule has 1 heterocycles. The van der Waals surface area contributed by atoms with E-state index < -0.39 is 5.79 Å². The first kappa shape index (κ1) is 13.9. The largest absolute Gasteiger partial charge is 0.396 e. The van der Waals surface area contributed by atoms with Gasteiger partial charge in [0.15, 0.2) is 5.79 Å². The maximum absolute atomic E-state index is 9.36. The van der Waals surface area contributed by atoms with Gasteiger partial charge < -0.3 is 19.9 Å². The van der Waals surface area contributed by atoms with Gasteiger partial charge in [-0.1, -0.05) is 13.8 Å². The molecule has 0 aromatic heterocycles. The van der Waals surface area contributed by atoms with E-state index in [2.05, 4.69) is 19.2 Å². The van der Waals surface area contributed by atoms with Crippen LogP contribution in [0.1, 0.15) is 34.1 Å². The Labute approximate surface area is 98.3 Å². The van der Waals surface area contributed by atoms with Crippen molar-refractivity contribution in [3.8, 4) is 0 Å². The third-order valence-corrected chi connectivity index (χ3v) is 2.86. The van der Waals surface area contributed by atoms with Crippen LogP contribution in [0.4, 0.5) is 0 Å². The van der Waals surface area contributed by atoms with Gasteiger partial charge in [-0.15, -0.1) is 0 Å². The third-order valence-electron chi connectivity index (χ3n) is 2.86. The number of hydrogen-bond acceptors (Lipinski definition) is 4. The Morgan fingerprint density at radius 2 is 2.12 bits per heavy atom. The van der Waals surface area contributed by atoms with Crippen LogP contribution < -0.4 is 5.32 Å². The van der Waals surface area contributed by atoms with Crippen molar-refractivity contribution < 1.29 is 14.6 Å². The summed E-state index contributed by atoms with van der Waals surface area (Å²) in [6, 6.07) is 0.483. The Kier molecular flexibility index (Phi) is 5.18. The maximum atomic E-state index is 9.36. The minimum atomic E-state index is -0.496. The highest BCUT2D eigenvalue weighted by Gasteiger charge is 2.36. The van der Waals surface area contributed by atoms with Gasteiger partial charge in [-0.05, 0) is 26.8 Å². The van der Waals surface area contributed by atoms with E-state index in [0.717, 1.165) is 13.0 Å². The molecule has 1 aliphatic rings. The summed E-state index contributed by atoms with van der Waals surface area (Å²) in [5.41, 5.74) is 0. The number of ether oxygens (including phenoxy) is 2. The second-order valence-electron chi connectivity index (χ2n) is 5.21. The molecule has 2 unspecified atom stereocenters. The minimum Gasteiger partial charge on any atom is -0.396 e. The molecule has 16 heavy (non-hydrogen) atoms. The third kappa shape index (κ3) is 4.37. The first-order valence-electron chi connectivity index (χ1n) is 6.10. The summed E-state index contributed by atoms with van der Waals surface area (Å²) in [4.78, 5) is 0. The summed E-state index contributed by atoms with van der Waals surface area (Å²) in [6.45, 7) is 9.70. The number of aliphatic hydroxyl groups excluding tert-OH is 1. The van der Waals surface area contributed by atoms with Gasteiger partial charge in [0.05, 0.1) is 12.7 Å². The zero-order valence-corrected chi connectivity index (χ0v) is 10.8. The topological polar surface area (TPSA) is 50.7 Å². The lowest BCUT2D eigenvalue weighted by molar-refractivity contribution is -0.146. The average Bonchev–Trinajstić information content (AvgIpc) is 2.53. The summed E-state index contributed by atoms with van der Waals surface area (Å²) >= 11 is 0. The van der Waals surface area contributed by atoms with Gasteiger partial charge in [-0.25, -0.2) is 0 Å². The molecule has 0 radical (unpaired) electrons. The molecule has 1 rings (SSSR count). The number of aliphatic hydroxyl groups is 1. The molecule has 4 heteroatoms. The van der Waals surface area contributed by atoms with Crippen LogP contribution in [0.5, 0.6) is 0 Å². The second-order valence-corrected chi connectivity index (χ2v) is 5.21. The van der Waals surface area contributed by atoms with Gasteiger partial charge in [0.2, 0.25) is 0 Å².